The first-order chi connectivity index (χ1) is 15.3. The molecule has 0 saturated heterocycles. The van der Waals surface area contributed by atoms with Crippen LogP contribution in [0, 0.1) is 0 Å². The van der Waals surface area contributed by atoms with E-state index in [1.165, 1.54) is 60.4 Å². The van der Waals surface area contributed by atoms with Crippen molar-refractivity contribution in [3.63, 3.8) is 0 Å². The van der Waals surface area contributed by atoms with Crippen LogP contribution < -0.4 is 0 Å². The van der Waals surface area contributed by atoms with Gasteiger partial charge in [-0.15, -0.1) is 0 Å². The van der Waals surface area contributed by atoms with Crippen molar-refractivity contribution >= 4 is 49.6 Å². The highest BCUT2D eigenvalue weighted by Crippen LogP contribution is 2.47. The van der Waals surface area contributed by atoms with Crippen LogP contribution in [0.5, 0.6) is 0 Å². The molecule has 0 aliphatic heterocycles. The van der Waals surface area contributed by atoms with Crippen molar-refractivity contribution in [2.45, 2.75) is 19.3 Å². The van der Waals surface area contributed by atoms with Crippen LogP contribution in [0.15, 0.2) is 84.9 Å². The Morgan fingerprint density at radius 3 is 2.32 bits per heavy atom. The smallest absolute Gasteiger partial charge is 0.0624 e. The number of hydrogen-bond acceptors (Lipinski definition) is 0. The predicted molar refractivity (Wildman–Crippen MR) is 132 cm³/mol. The Morgan fingerprint density at radius 1 is 0.774 bits per heavy atom. The van der Waals surface area contributed by atoms with E-state index in [0.717, 1.165) is 6.42 Å². The van der Waals surface area contributed by atoms with Crippen molar-refractivity contribution < 1.29 is 0 Å². The van der Waals surface area contributed by atoms with Gasteiger partial charge in [-0.3, -0.25) is 0 Å². The summed E-state index contributed by atoms with van der Waals surface area (Å²) >= 11 is 0. The Hall–Kier alpha value is -3.78. The molecule has 1 aliphatic carbocycles. The topological polar surface area (TPSA) is 20.7 Å². The van der Waals surface area contributed by atoms with Crippen molar-refractivity contribution in [1.82, 2.24) is 9.55 Å². The van der Waals surface area contributed by atoms with Gasteiger partial charge in [-0.25, -0.2) is 0 Å². The SMILES string of the molecule is CC1CC=Cc2c1n(-c1ccccc1)c1c3ccccc3c3[nH]c4ccccc4c3c21. The van der Waals surface area contributed by atoms with Gasteiger partial charge in [0.2, 0.25) is 0 Å². The molecule has 4 aromatic carbocycles. The molecule has 1 unspecified atom stereocenters. The molecule has 2 heteroatoms. The molecule has 0 spiro atoms. The standard InChI is InChI=1S/C29H22N2/c1-18-10-9-16-23-26-25-22-15-7-8-17-24(22)30-27(25)20-13-5-6-14-21(20)29(26)31(28(18)23)19-11-3-2-4-12-19/h2-9,11-18,30H,10H2,1H3. The lowest BCUT2D eigenvalue weighted by molar-refractivity contribution is 0.724. The molecule has 31 heavy (non-hydrogen) atoms. The maximum Gasteiger partial charge on any atom is 0.0624 e. The van der Waals surface area contributed by atoms with Crippen molar-refractivity contribution in [3.8, 4) is 5.69 Å². The second-order valence-electron chi connectivity index (χ2n) is 8.70. The lowest BCUT2D eigenvalue weighted by Crippen LogP contribution is -2.06. The first-order valence-electron chi connectivity index (χ1n) is 11.0. The largest absolute Gasteiger partial charge is 0.354 e. The van der Waals surface area contributed by atoms with Gasteiger partial charge < -0.3 is 9.55 Å². The first-order valence-corrected chi connectivity index (χ1v) is 11.0. The van der Waals surface area contributed by atoms with Gasteiger partial charge in [0, 0.05) is 55.3 Å². The summed E-state index contributed by atoms with van der Waals surface area (Å²) in [6.45, 7) is 2.36. The second-order valence-corrected chi connectivity index (χ2v) is 8.70. The number of benzene rings is 4. The number of nitrogens with zero attached hydrogens (tertiary/aromatic N) is 1. The zero-order valence-electron chi connectivity index (χ0n) is 17.4. The van der Waals surface area contributed by atoms with Crippen molar-refractivity contribution in [1.29, 1.82) is 0 Å². The molecule has 1 aliphatic rings. The Kier molecular flexibility index (Phi) is 3.35. The summed E-state index contributed by atoms with van der Waals surface area (Å²) in [6.07, 6.45) is 5.77. The molecule has 148 valence electrons. The predicted octanol–water partition coefficient (Wildman–Crippen LogP) is 7.94. The monoisotopic (exact) mass is 398 g/mol. The summed E-state index contributed by atoms with van der Waals surface area (Å²) < 4.78 is 2.53. The van der Waals surface area contributed by atoms with Gasteiger partial charge >= 0.3 is 0 Å². The molecule has 0 fully saturated rings. The number of aromatic nitrogens is 2. The maximum absolute atomic E-state index is 3.75. The minimum atomic E-state index is 0.464. The number of nitrogens with one attached hydrogen (secondary N) is 1. The highest BCUT2D eigenvalue weighted by Gasteiger charge is 2.27. The molecule has 0 amide bonds. The van der Waals surface area contributed by atoms with Gasteiger partial charge in [0.05, 0.1) is 11.0 Å². The molecule has 0 saturated carbocycles. The number of aromatic amines is 1. The summed E-state index contributed by atoms with van der Waals surface area (Å²) in [5, 5.41) is 6.59. The molecule has 6 aromatic rings. The highest BCUT2D eigenvalue weighted by atomic mass is 15.0. The summed E-state index contributed by atoms with van der Waals surface area (Å²) in [7, 11) is 0. The van der Waals surface area contributed by atoms with Crippen LogP contribution in [-0.2, 0) is 0 Å². The zero-order valence-corrected chi connectivity index (χ0v) is 17.4. The minimum absolute atomic E-state index is 0.464. The van der Waals surface area contributed by atoms with E-state index in [9.17, 15) is 0 Å². The Labute approximate surface area is 180 Å². The third kappa shape index (κ3) is 2.17. The normalized spacial score (nSPS) is 16.0. The number of fused-ring (bicyclic) bond motifs is 10. The first kappa shape index (κ1) is 17.0. The van der Waals surface area contributed by atoms with E-state index in [-0.39, 0.29) is 0 Å². The van der Waals surface area contributed by atoms with E-state index >= 15 is 0 Å². The van der Waals surface area contributed by atoms with Crippen LogP contribution in [0.1, 0.15) is 30.5 Å². The fraction of sp³-hybridized carbons (Fsp3) is 0.103. The van der Waals surface area contributed by atoms with Gasteiger partial charge in [-0.05, 0) is 24.6 Å². The van der Waals surface area contributed by atoms with Crippen LogP contribution >= 0.6 is 0 Å². The van der Waals surface area contributed by atoms with Crippen molar-refractivity contribution in [3.05, 3.63) is 96.2 Å². The minimum Gasteiger partial charge on any atom is -0.354 e. The van der Waals surface area contributed by atoms with E-state index in [1.807, 2.05) is 0 Å². The lowest BCUT2D eigenvalue weighted by atomic mass is 9.91. The molecule has 2 aromatic heterocycles. The van der Waals surface area contributed by atoms with E-state index in [0.29, 0.717) is 5.92 Å². The Bertz CT molecular complexity index is 1660. The van der Waals surface area contributed by atoms with Gasteiger partial charge in [-0.1, -0.05) is 79.7 Å². The summed E-state index contributed by atoms with van der Waals surface area (Å²) in [5.74, 6) is 0.464. The van der Waals surface area contributed by atoms with Gasteiger partial charge in [-0.2, -0.15) is 0 Å². The average molecular weight is 399 g/mol. The molecular weight excluding hydrogens is 376 g/mol. The molecule has 1 N–H and O–H groups in total. The van der Waals surface area contributed by atoms with Crippen LogP contribution in [0.25, 0.3) is 55.2 Å². The molecule has 0 bridgehead atoms. The fourth-order valence-corrected chi connectivity index (χ4v) is 5.63. The number of allylic oxidation sites excluding steroid dienone is 1. The van der Waals surface area contributed by atoms with E-state index in [2.05, 4.69) is 107 Å². The molecule has 1 atom stereocenters. The van der Waals surface area contributed by atoms with Crippen LogP contribution in [-0.4, -0.2) is 9.55 Å². The van der Waals surface area contributed by atoms with E-state index in [4.69, 9.17) is 0 Å². The van der Waals surface area contributed by atoms with E-state index in [1.54, 1.807) is 0 Å². The zero-order chi connectivity index (χ0) is 20.5. The number of para-hydroxylation sites is 2. The third-order valence-corrected chi connectivity index (χ3v) is 6.91. The van der Waals surface area contributed by atoms with Crippen molar-refractivity contribution in [2.75, 3.05) is 0 Å². The maximum atomic E-state index is 3.75. The van der Waals surface area contributed by atoms with E-state index < -0.39 is 0 Å². The Morgan fingerprint density at radius 2 is 1.48 bits per heavy atom. The van der Waals surface area contributed by atoms with Crippen molar-refractivity contribution in [2.24, 2.45) is 0 Å². The molecule has 2 heterocycles. The molecule has 7 rings (SSSR count). The lowest BCUT2D eigenvalue weighted by Gasteiger charge is -2.19. The number of rotatable bonds is 1. The van der Waals surface area contributed by atoms with Crippen LogP contribution in [0.3, 0.4) is 0 Å². The summed E-state index contributed by atoms with van der Waals surface area (Å²) in [4.78, 5) is 3.75. The molecule has 2 nitrogen and oxygen atoms in total. The van der Waals surface area contributed by atoms with Gasteiger partial charge in [0.15, 0.2) is 0 Å². The highest BCUT2D eigenvalue weighted by molar-refractivity contribution is 6.32. The third-order valence-electron chi connectivity index (χ3n) is 6.91. The quantitative estimate of drug-likeness (QED) is 0.290. The number of hydrogen-bond donors (Lipinski definition) is 1. The van der Waals surface area contributed by atoms with Crippen LogP contribution in [0.4, 0.5) is 0 Å². The summed E-state index contributed by atoms with van der Waals surface area (Å²) in [6, 6.07) is 28.4. The average Bonchev–Trinajstić information content (AvgIpc) is 3.37. The molecule has 0 radical (unpaired) electrons. The van der Waals surface area contributed by atoms with Gasteiger partial charge in [0.1, 0.15) is 0 Å². The fourth-order valence-electron chi connectivity index (χ4n) is 5.63. The second kappa shape index (κ2) is 6.12. The Balaban J connectivity index is 1.86. The van der Waals surface area contributed by atoms with Crippen LogP contribution in [0.2, 0.25) is 0 Å². The molecular formula is C29H22N2. The summed E-state index contributed by atoms with van der Waals surface area (Å²) in [5.41, 5.74) is 7.79. The van der Waals surface area contributed by atoms with Gasteiger partial charge in [0.25, 0.3) is 0 Å². The number of H-pyrrole nitrogens is 1.